The van der Waals surface area contributed by atoms with E-state index in [9.17, 15) is 14.3 Å². The van der Waals surface area contributed by atoms with Crippen LogP contribution in [-0.2, 0) is 11.3 Å². The van der Waals surface area contributed by atoms with Crippen molar-refractivity contribution in [3.05, 3.63) is 76.8 Å². The van der Waals surface area contributed by atoms with E-state index < -0.39 is 0 Å². The topological polar surface area (TPSA) is 93.8 Å². The van der Waals surface area contributed by atoms with Gasteiger partial charge in [0.05, 0.1) is 32.9 Å². The van der Waals surface area contributed by atoms with Crippen molar-refractivity contribution in [1.29, 1.82) is 0 Å². The highest BCUT2D eigenvalue weighted by Gasteiger charge is 2.26. The Morgan fingerprint density at radius 2 is 1.91 bits per heavy atom. The van der Waals surface area contributed by atoms with Crippen molar-refractivity contribution in [2.75, 3.05) is 14.2 Å². The van der Waals surface area contributed by atoms with Crippen LogP contribution in [0.5, 0.6) is 17.2 Å². The Morgan fingerprint density at radius 3 is 2.55 bits per heavy atom. The van der Waals surface area contributed by atoms with E-state index in [0.717, 1.165) is 27.8 Å². The smallest absolute Gasteiger partial charge is 0.224 e. The van der Waals surface area contributed by atoms with Crippen molar-refractivity contribution in [2.45, 2.75) is 19.9 Å². The fourth-order valence-electron chi connectivity index (χ4n) is 3.88. The second kappa shape index (κ2) is 9.20. The molecule has 0 saturated heterocycles. The number of rotatable bonds is 7. The zero-order chi connectivity index (χ0) is 23.5. The van der Waals surface area contributed by atoms with E-state index in [1.165, 1.54) is 39.0 Å². The Balaban J connectivity index is 1.70. The first kappa shape index (κ1) is 22.1. The molecule has 1 aliphatic carbocycles. The molecule has 4 rings (SSSR count). The van der Waals surface area contributed by atoms with Gasteiger partial charge in [0.25, 0.3) is 0 Å². The largest absolute Gasteiger partial charge is 0.502 e. The molecule has 2 N–H and O–H groups in total. The summed E-state index contributed by atoms with van der Waals surface area (Å²) >= 11 is 0. The van der Waals surface area contributed by atoms with E-state index in [-0.39, 0.29) is 41.9 Å². The van der Waals surface area contributed by atoms with E-state index in [4.69, 9.17) is 13.9 Å². The minimum atomic E-state index is -0.378. The van der Waals surface area contributed by atoms with Crippen LogP contribution in [0.3, 0.4) is 0 Å². The molecule has 8 heteroatoms. The van der Waals surface area contributed by atoms with Gasteiger partial charge in [0.15, 0.2) is 17.9 Å². The van der Waals surface area contributed by atoms with Crippen LogP contribution in [0.15, 0.2) is 53.0 Å². The number of carbonyl (C=O) groups excluding carboxylic acids is 1. The fraction of sp³-hybridized carbons (Fsp3) is 0.200. The molecule has 1 aromatic heterocycles. The number of hydrogen-bond donors (Lipinski definition) is 2. The van der Waals surface area contributed by atoms with Crippen LogP contribution >= 0.6 is 0 Å². The van der Waals surface area contributed by atoms with E-state index in [1.807, 2.05) is 13.0 Å². The Labute approximate surface area is 190 Å². The maximum absolute atomic E-state index is 14.1. The average molecular weight is 450 g/mol. The number of fused-ring (bicyclic) bond motifs is 1. The molecular formula is C25H23FN2O5. The van der Waals surface area contributed by atoms with Crippen molar-refractivity contribution >= 4 is 23.1 Å². The lowest BCUT2D eigenvalue weighted by Crippen LogP contribution is -2.22. The zero-order valence-electron chi connectivity index (χ0n) is 18.4. The van der Waals surface area contributed by atoms with E-state index in [1.54, 1.807) is 18.2 Å². The molecule has 1 heterocycles. The summed E-state index contributed by atoms with van der Waals surface area (Å²) in [6, 6.07) is 7.91. The predicted molar refractivity (Wildman–Crippen MR) is 121 cm³/mol. The summed E-state index contributed by atoms with van der Waals surface area (Å²) in [6.45, 7) is 2.15. The molecule has 0 fully saturated rings. The molecule has 2 aromatic carbocycles. The van der Waals surface area contributed by atoms with Crippen molar-refractivity contribution in [3.8, 4) is 17.2 Å². The molecule has 7 nitrogen and oxygen atoms in total. The third kappa shape index (κ3) is 4.45. The summed E-state index contributed by atoms with van der Waals surface area (Å²) < 4.78 is 29.5. The van der Waals surface area contributed by atoms with E-state index in [0.29, 0.717) is 11.3 Å². The van der Waals surface area contributed by atoms with Crippen LogP contribution in [0, 0.1) is 5.82 Å². The van der Waals surface area contributed by atoms with Crippen LogP contribution < -0.4 is 14.8 Å². The number of amides is 1. The van der Waals surface area contributed by atoms with E-state index in [2.05, 4.69) is 10.3 Å². The van der Waals surface area contributed by atoms with Gasteiger partial charge in [-0.05, 0) is 70.7 Å². The monoisotopic (exact) mass is 450 g/mol. The van der Waals surface area contributed by atoms with Gasteiger partial charge in [0, 0.05) is 0 Å². The molecule has 3 aromatic rings. The number of phenols is 1. The second-order valence-electron chi connectivity index (χ2n) is 7.56. The number of ether oxygens (including phenoxy) is 2. The Kier molecular flexibility index (Phi) is 6.17. The third-order valence-corrected chi connectivity index (χ3v) is 5.55. The van der Waals surface area contributed by atoms with Gasteiger partial charge in [0.1, 0.15) is 12.1 Å². The van der Waals surface area contributed by atoms with Crippen LogP contribution in [0.4, 0.5) is 4.39 Å². The zero-order valence-corrected chi connectivity index (χ0v) is 18.4. The molecule has 170 valence electrons. The molecule has 0 saturated carbocycles. The first-order valence-electron chi connectivity index (χ1n) is 10.2. The molecule has 0 bridgehead atoms. The molecule has 0 unspecified atom stereocenters. The number of aromatic nitrogens is 1. The number of oxazole rings is 1. The number of hydrogen-bond acceptors (Lipinski definition) is 6. The summed E-state index contributed by atoms with van der Waals surface area (Å²) in [5, 5.41) is 13.0. The first-order valence-corrected chi connectivity index (χ1v) is 10.2. The van der Waals surface area contributed by atoms with Crippen LogP contribution in [0.25, 0.3) is 17.2 Å². The lowest BCUT2D eigenvalue weighted by molar-refractivity contribution is -0.120. The van der Waals surface area contributed by atoms with E-state index >= 15 is 0 Å². The van der Waals surface area contributed by atoms with Gasteiger partial charge in [-0.15, -0.1) is 0 Å². The average Bonchev–Trinajstić information content (AvgIpc) is 3.41. The summed E-state index contributed by atoms with van der Waals surface area (Å²) in [5.41, 5.74) is 5.28. The molecular weight excluding hydrogens is 427 g/mol. The highest BCUT2D eigenvalue weighted by molar-refractivity contribution is 6.08. The van der Waals surface area contributed by atoms with Gasteiger partial charge in [-0.3, -0.25) is 4.79 Å². The number of benzene rings is 2. The number of halogens is 1. The Morgan fingerprint density at radius 1 is 1.18 bits per heavy atom. The molecule has 0 aliphatic heterocycles. The van der Waals surface area contributed by atoms with Gasteiger partial charge in [0.2, 0.25) is 11.7 Å². The van der Waals surface area contributed by atoms with Crippen LogP contribution in [0.1, 0.15) is 35.7 Å². The van der Waals surface area contributed by atoms with Crippen molar-refractivity contribution in [3.63, 3.8) is 0 Å². The number of carbonyl (C=O) groups is 1. The van der Waals surface area contributed by atoms with Gasteiger partial charge < -0.3 is 24.3 Å². The SMILES string of the molecule is COc1cc(/C=C2/C(C)=C(CC(=O)NCc3cocn3)c3cc(F)ccc32)cc(OC)c1O. The predicted octanol–water partition coefficient (Wildman–Crippen LogP) is 4.57. The summed E-state index contributed by atoms with van der Waals surface area (Å²) in [7, 11) is 2.92. The molecule has 0 spiro atoms. The summed E-state index contributed by atoms with van der Waals surface area (Å²) in [6.07, 6.45) is 4.75. The maximum atomic E-state index is 14.1. The van der Waals surface area contributed by atoms with Gasteiger partial charge in [-0.25, -0.2) is 9.37 Å². The highest BCUT2D eigenvalue weighted by atomic mass is 19.1. The number of allylic oxidation sites excluding steroid dienone is 2. The number of nitrogens with zero attached hydrogens (tertiary/aromatic N) is 1. The number of methoxy groups -OCH3 is 2. The van der Waals surface area contributed by atoms with Gasteiger partial charge >= 0.3 is 0 Å². The Hall–Kier alpha value is -4.07. The number of nitrogens with one attached hydrogen (secondary N) is 1. The van der Waals surface area contributed by atoms with Gasteiger partial charge in [-0.2, -0.15) is 0 Å². The highest BCUT2D eigenvalue weighted by Crippen LogP contribution is 2.45. The summed E-state index contributed by atoms with van der Waals surface area (Å²) in [4.78, 5) is 16.6. The maximum Gasteiger partial charge on any atom is 0.224 e. The number of aromatic hydroxyl groups is 1. The van der Waals surface area contributed by atoms with Gasteiger partial charge in [-0.1, -0.05) is 6.07 Å². The standard InChI is InChI=1S/C25H23FN2O5/c1-14-19(6-15-7-22(31-2)25(30)23(8-15)32-3)18-5-4-16(26)9-21(18)20(14)10-24(29)27-11-17-12-33-13-28-17/h4-9,12-13,30H,10-11H2,1-3H3,(H,27,29)/b19-6-. The van der Waals surface area contributed by atoms with Crippen molar-refractivity contribution < 1.29 is 28.2 Å². The van der Waals surface area contributed by atoms with Crippen molar-refractivity contribution in [2.24, 2.45) is 0 Å². The lowest BCUT2D eigenvalue weighted by Gasteiger charge is -2.11. The third-order valence-electron chi connectivity index (χ3n) is 5.55. The fourth-order valence-corrected chi connectivity index (χ4v) is 3.88. The Bertz CT molecular complexity index is 1240. The summed E-state index contributed by atoms with van der Waals surface area (Å²) in [5.74, 6) is -0.138. The number of phenolic OH excluding ortho intramolecular Hbond substituents is 1. The molecule has 1 aliphatic rings. The first-order chi connectivity index (χ1) is 15.9. The lowest BCUT2D eigenvalue weighted by atomic mass is 10.00. The molecule has 1 amide bonds. The quantitative estimate of drug-likeness (QED) is 0.548. The molecule has 0 radical (unpaired) electrons. The minimum Gasteiger partial charge on any atom is -0.502 e. The molecule has 33 heavy (non-hydrogen) atoms. The van der Waals surface area contributed by atoms with Crippen LogP contribution in [0.2, 0.25) is 0 Å². The van der Waals surface area contributed by atoms with Crippen LogP contribution in [-0.4, -0.2) is 30.2 Å². The van der Waals surface area contributed by atoms with Crippen molar-refractivity contribution in [1.82, 2.24) is 10.3 Å². The normalized spacial score (nSPS) is 13.9. The minimum absolute atomic E-state index is 0.0830. The molecule has 0 atom stereocenters. The second-order valence-corrected chi connectivity index (χ2v) is 7.56.